The van der Waals surface area contributed by atoms with Crippen molar-refractivity contribution in [3.8, 4) is 5.75 Å². The van der Waals surface area contributed by atoms with Crippen LogP contribution in [0.1, 0.15) is 30.1 Å². The second kappa shape index (κ2) is 6.93. The first-order chi connectivity index (χ1) is 9.33. The number of carbonyl (C=O) groups excluding carboxylic acids is 2. The number of alkyl halides is 3. The number of para-hydroxylation sites is 1. The quantitative estimate of drug-likeness (QED) is 0.596. The van der Waals surface area contributed by atoms with Crippen LogP contribution in [0.15, 0.2) is 24.3 Å². The van der Waals surface area contributed by atoms with E-state index >= 15 is 0 Å². The lowest BCUT2D eigenvalue weighted by molar-refractivity contribution is -0.274. The molecular weight excluding hydrogens is 277 g/mol. The number of esters is 1. The fourth-order valence-electron chi connectivity index (χ4n) is 1.49. The first-order valence-corrected chi connectivity index (χ1v) is 5.87. The fraction of sp³-hybridized carbons (Fsp3) is 0.385. The van der Waals surface area contributed by atoms with Crippen LogP contribution in [0.25, 0.3) is 0 Å². The van der Waals surface area contributed by atoms with Gasteiger partial charge in [-0.2, -0.15) is 0 Å². The highest BCUT2D eigenvalue weighted by Gasteiger charge is 2.32. The van der Waals surface area contributed by atoms with Crippen LogP contribution in [-0.4, -0.2) is 24.7 Å². The monoisotopic (exact) mass is 290 g/mol. The topological polar surface area (TPSA) is 52.6 Å². The van der Waals surface area contributed by atoms with Crippen molar-refractivity contribution in [2.24, 2.45) is 0 Å². The predicted molar refractivity (Wildman–Crippen MR) is 63.3 cm³/mol. The number of ketones is 1. The van der Waals surface area contributed by atoms with Crippen LogP contribution in [0.4, 0.5) is 13.2 Å². The maximum Gasteiger partial charge on any atom is 0.573 e. The highest BCUT2D eigenvalue weighted by molar-refractivity contribution is 5.99. The van der Waals surface area contributed by atoms with Gasteiger partial charge >= 0.3 is 12.3 Å². The third kappa shape index (κ3) is 5.29. The van der Waals surface area contributed by atoms with Gasteiger partial charge in [0.25, 0.3) is 0 Å². The number of Topliss-reactive ketones (excluding diaryl/α,β-unsaturated/α-hetero) is 1. The molecule has 0 unspecified atom stereocenters. The van der Waals surface area contributed by atoms with Gasteiger partial charge in [0, 0.05) is 6.42 Å². The van der Waals surface area contributed by atoms with E-state index in [0.29, 0.717) is 0 Å². The van der Waals surface area contributed by atoms with Crippen molar-refractivity contribution >= 4 is 11.8 Å². The SMILES string of the molecule is CCOC(=O)CCC(=O)c1ccccc1OC(F)(F)F. The summed E-state index contributed by atoms with van der Waals surface area (Å²) in [7, 11) is 0. The molecule has 4 nitrogen and oxygen atoms in total. The van der Waals surface area contributed by atoms with Crippen molar-refractivity contribution in [3.05, 3.63) is 29.8 Å². The van der Waals surface area contributed by atoms with Crippen molar-refractivity contribution in [2.75, 3.05) is 6.61 Å². The molecule has 0 aliphatic heterocycles. The van der Waals surface area contributed by atoms with Gasteiger partial charge in [-0.05, 0) is 19.1 Å². The summed E-state index contributed by atoms with van der Waals surface area (Å²) in [5, 5.41) is 0. The number of halogens is 3. The van der Waals surface area contributed by atoms with E-state index in [0.717, 1.165) is 6.07 Å². The zero-order valence-corrected chi connectivity index (χ0v) is 10.7. The summed E-state index contributed by atoms with van der Waals surface area (Å²) in [6, 6.07) is 5.00. The van der Waals surface area contributed by atoms with Crippen molar-refractivity contribution in [3.63, 3.8) is 0 Å². The van der Waals surface area contributed by atoms with Crippen molar-refractivity contribution in [1.29, 1.82) is 0 Å². The molecule has 7 heteroatoms. The van der Waals surface area contributed by atoms with E-state index in [1.807, 2.05) is 0 Å². The Balaban J connectivity index is 2.75. The number of carbonyl (C=O) groups is 2. The van der Waals surface area contributed by atoms with E-state index in [4.69, 9.17) is 0 Å². The Morgan fingerprint density at radius 1 is 1.15 bits per heavy atom. The second-order valence-corrected chi connectivity index (χ2v) is 3.77. The molecule has 0 aliphatic carbocycles. The van der Waals surface area contributed by atoms with Gasteiger partial charge in [0.05, 0.1) is 18.6 Å². The molecule has 0 fully saturated rings. The first kappa shape index (κ1) is 16.0. The van der Waals surface area contributed by atoms with E-state index in [2.05, 4.69) is 9.47 Å². The van der Waals surface area contributed by atoms with Crippen LogP contribution in [0, 0.1) is 0 Å². The van der Waals surface area contributed by atoms with Gasteiger partial charge in [0.15, 0.2) is 5.78 Å². The summed E-state index contributed by atoms with van der Waals surface area (Å²) in [6.45, 7) is 1.80. The van der Waals surface area contributed by atoms with Gasteiger partial charge in [0.2, 0.25) is 0 Å². The molecule has 110 valence electrons. The molecule has 20 heavy (non-hydrogen) atoms. The predicted octanol–water partition coefficient (Wildman–Crippen LogP) is 3.11. The Hall–Kier alpha value is -2.05. The maximum atomic E-state index is 12.2. The lowest BCUT2D eigenvalue weighted by atomic mass is 10.1. The van der Waals surface area contributed by atoms with Gasteiger partial charge in [0.1, 0.15) is 5.75 Å². The maximum absolute atomic E-state index is 12.2. The number of benzene rings is 1. The smallest absolute Gasteiger partial charge is 0.466 e. The van der Waals surface area contributed by atoms with Crippen LogP contribution < -0.4 is 4.74 Å². The van der Waals surface area contributed by atoms with Crippen LogP contribution >= 0.6 is 0 Å². The molecule has 0 aliphatic rings. The van der Waals surface area contributed by atoms with Crippen molar-refractivity contribution in [2.45, 2.75) is 26.1 Å². The van der Waals surface area contributed by atoms with Gasteiger partial charge in [-0.1, -0.05) is 12.1 Å². The highest BCUT2D eigenvalue weighted by atomic mass is 19.4. The van der Waals surface area contributed by atoms with E-state index in [-0.39, 0.29) is 25.0 Å². The zero-order chi connectivity index (χ0) is 15.2. The number of rotatable bonds is 6. The minimum absolute atomic E-state index is 0.181. The van der Waals surface area contributed by atoms with Crippen molar-refractivity contribution < 1.29 is 32.2 Å². The van der Waals surface area contributed by atoms with Crippen molar-refractivity contribution in [1.82, 2.24) is 0 Å². The zero-order valence-electron chi connectivity index (χ0n) is 10.7. The van der Waals surface area contributed by atoms with Gasteiger partial charge in [-0.15, -0.1) is 13.2 Å². The Morgan fingerprint density at radius 2 is 1.80 bits per heavy atom. The number of ether oxygens (including phenoxy) is 2. The first-order valence-electron chi connectivity index (χ1n) is 5.87. The Labute approximate surface area is 113 Å². The summed E-state index contributed by atoms with van der Waals surface area (Å²) in [4.78, 5) is 22.9. The van der Waals surface area contributed by atoms with E-state index in [1.54, 1.807) is 6.92 Å². The lowest BCUT2D eigenvalue weighted by Gasteiger charge is -2.12. The minimum Gasteiger partial charge on any atom is -0.466 e. The van der Waals surface area contributed by atoms with Crippen LogP contribution in [0.2, 0.25) is 0 Å². The molecule has 0 saturated heterocycles. The molecule has 1 aromatic rings. The van der Waals surface area contributed by atoms with Crippen LogP contribution in [0.3, 0.4) is 0 Å². The summed E-state index contributed by atoms with van der Waals surface area (Å²) in [5.41, 5.74) is -0.214. The average Bonchev–Trinajstić information content (AvgIpc) is 2.35. The van der Waals surface area contributed by atoms with Gasteiger partial charge in [-0.3, -0.25) is 9.59 Å². The highest BCUT2D eigenvalue weighted by Crippen LogP contribution is 2.27. The molecule has 0 amide bonds. The van der Waals surface area contributed by atoms with Gasteiger partial charge in [-0.25, -0.2) is 0 Å². The molecule has 0 heterocycles. The molecule has 1 rings (SSSR count). The van der Waals surface area contributed by atoms with E-state index < -0.39 is 23.9 Å². The minimum atomic E-state index is -4.88. The summed E-state index contributed by atoms with van der Waals surface area (Å²) < 4.78 is 45.0. The standard InChI is InChI=1S/C13H13F3O4/c1-2-19-12(18)8-7-10(17)9-5-3-4-6-11(9)20-13(14,15)16/h3-6H,2,7-8H2,1H3. The van der Waals surface area contributed by atoms with E-state index in [9.17, 15) is 22.8 Å². The number of hydrogen-bond donors (Lipinski definition) is 0. The molecular formula is C13H13F3O4. The van der Waals surface area contributed by atoms with Gasteiger partial charge < -0.3 is 9.47 Å². The molecule has 0 saturated carbocycles. The largest absolute Gasteiger partial charge is 0.573 e. The third-order valence-corrected chi connectivity index (χ3v) is 2.27. The molecule has 0 N–H and O–H groups in total. The fourth-order valence-corrected chi connectivity index (χ4v) is 1.49. The van der Waals surface area contributed by atoms with E-state index in [1.165, 1.54) is 18.2 Å². The second-order valence-electron chi connectivity index (χ2n) is 3.77. The summed E-state index contributed by atoms with van der Waals surface area (Å²) in [5.74, 6) is -1.76. The summed E-state index contributed by atoms with van der Waals surface area (Å²) in [6.07, 6.45) is -5.30. The molecule has 0 radical (unpaired) electrons. The molecule has 1 aromatic carbocycles. The molecule has 0 spiro atoms. The third-order valence-electron chi connectivity index (χ3n) is 2.27. The Kier molecular flexibility index (Phi) is 5.54. The number of hydrogen-bond acceptors (Lipinski definition) is 4. The summed E-state index contributed by atoms with van der Waals surface area (Å²) >= 11 is 0. The molecule has 0 aromatic heterocycles. The molecule has 0 atom stereocenters. The Morgan fingerprint density at radius 3 is 2.40 bits per heavy atom. The Bertz CT molecular complexity index is 483. The lowest BCUT2D eigenvalue weighted by Crippen LogP contribution is -2.19. The normalized spacial score (nSPS) is 11.0. The van der Waals surface area contributed by atoms with Crippen LogP contribution in [0.5, 0.6) is 5.75 Å². The van der Waals surface area contributed by atoms with Crippen LogP contribution in [-0.2, 0) is 9.53 Å². The average molecular weight is 290 g/mol. The molecule has 0 bridgehead atoms.